The summed E-state index contributed by atoms with van der Waals surface area (Å²) < 4.78 is 103. The molecule has 0 radical (unpaired) electrons. The van der Waals surface area contributed by atoms with Crippen LogP contribution in [-0.4, -0.2) is 139 Å². The van der Waals surface area contributed by atoms with E-state index < -0.39 is 83.1 Å². The van der Waals surface area contributed by atoms with Gasteiger partial charge in [0.2, 0.25) is 0 Å². The number of sulfone groups is 2. The standard InChI is InChI=1S/C29H36FN5O7S2.C25H28FN5O8S2.C3H9N/c1-17(2)14-23(36)29(4,5)34-25(37)24-18(3)26(35-31-10-11-32-35)43-27(24)33(28(34)38)16-22(42-12-13-44(7,39)40)20-15-19(30)8-9-21(20)41-6;1-14-19-20(32)30(25(2,3)23(33)34)24(35)29(22(19)40-21(14)31-27-8-9-28-31)13-18(39-10-11-41(5,36)37)16-12-15(26)6-7-17(16)38-4;1-3(2)4/h8-11,15,17,22H,12-14,16H2,1-7H3;6-9,12,18H,10-11,13H2,1-5H3,(H,33,34);3H,4H2,1-2H3/t22-;18-;/m00./s1. The predicted octanol–water partition coefficient (Wildman–Crippen LogP) is 5.65. The number of carboxylic acid groups (broad SMARTS) is 1. The van der Waals surface area contributed by atoms with Gasteiger partial charge < -0.3 is 29.8 Å². The molecule has 0 aliphatic heterocycles. The summed E-state index contributed by atoms with van der Waals surface area (Å²) >= 11 is 2.13. The van der Waals surface area contributed by atoms with Crippen molar-refractivity contribution in [3.63, 3.8) is 0 Å². The van der Waals surface area contributed by atoms with Crippen LogP contribution in [0.15, 0.2) is 80.4 Å². The Morgan fingerprint density at radius 3 is 1.30 bits per heavy atom. The van der Waals surface area contributed by atoms with Crippen molar-refractivity contribution in [3.05, 3.63) is 137 Å². The number of nitrogens with zero attached hydrogens (tertiary/aromatic N) is 10. The Hall–Kier alpha value is -7.62. The lowest BCUT2D eigenvalue weighted by atomic mass is 9.91. The molecule has 2 atom stereocenters. The minimum Gasteiger partial charge on any atom is -0.496 e. The zero-order valence-electron chi connectivity index (χ0n) is 51.6. The molecular weight excluding hydrogens is 1240 g/mol. The Balaban J connectivity index is 0.000000268. The number of hydrogen-bond acceptors (Lipinski definition) is 21. The number of aromatic nitrogens is 10. The van der Waals surface area contributed by atoms with Crippen LogP contribution in [0, 0.1) is 31.4 Å². The Morgan fingerprint density at radius 2 is 0.989 bits per heavy atom. The maximum absolute atomic E-state index is 14.5. The fourth-order valence-corrected chi connectivity index (χ4v) is 12.5. The zero-order valence-corrected chi connectivity index (χ0v) is 54.9. The summed E-state index contributed by atoms with van der Waals surface area (Å²) in [6.07, 6.45) is 5.83. The highest BCUT2D eigenvalue weighted by Crippen LogP contribution is 2.37. The third kappa shape index (κ3) is 16.2. The van der Waals surface area contributed by atoms with Gasteiger partial charge in [-0.15, -0.1) is 9.59 Å². The number of carboxylic acids is 1. The molecule has 0 unspecified atom stereocenters. The molecule has 8 rings (SSSR count). The number of halogens is 2. The summed E-state index contributed by atoms with van der Waals surface area (Å²) in [7, 11) is -4.10. The molecule has 484 valence electrons. The minimum atomic E-state index is -3.43. The third-order valence-electron chi connectivity index (χ3n) is 13.8. The van der Waals surface area contributed by atoms with Crippen molar-refractivity contribution in [3.8, 4) is 21.5 Å². The summed E-state index contributed by atoms with van der Waals surface area (Å²) in [5.41, 5.74) is -0.239. The Morgan fingerprint density at radius 1 is 0.640 bits per heavy atom. The number of aliphatic carboxylic acids is 1. The first kappa shape index (κ1) is 70.5. The largest absolute Gasteiger partial charge is 0.496 e. The van der Waals surface area contributed by atoms with E-state index in [-0.39, 0.29) is 99.0 Å². The topological polar surface area (TPSA) is 335 Å². The van der Waals surface area contributed by atoms with Gasteiger partial charge in [0.05, 0.1) is 87.6 Å². The number of Topliss-reactive ketones (excluding diaryl/α,β-unsaturated/α-hetero) is 1. The lowest BCUT2D eigenvalue weighted by molar-refractivity contribution is -0.146. The van der Waals surface area contributed by atoms with Crippen molar-refractivity contribution < 1.29 is 59.3 Å². The van der Waals surface area contributed by atoms with Crippen LogP contribution in [0.4, 0.5) is 8.78 Å². The van der Waals surface area contributed by atoms with E-state index in [1.807, 2.05) is 27.7 Å². The lowest BCUT2D eigenvalue weighted by Crippen LogP contribution is -2.53. The average Bonchev–Trinajstić information content (AvgIpc) is 1.79. The monoisotopic (exact) mass is 1320 g/mol. The second-order valence-electron chi connectivity index (χ2n) is 22.6. The number of ether oxygens (including phenoxy) is 4. The highest BCUT2D eigenvalue weighted by atomic mass is 32.2. The molecule has 6 aromatic heterocycles. The predicted molar refractivity (Wildman–Crippen MR) is 333 cm³/mol. The Kier molecular flexibility index (Phi) is 22.5. The van der Waals surface area contributed by atoms with E-state index >= 15 is 0 Å². The van der Waals surface area contributed by atoms with Gasteiger partial charge in [0.1, 0.15) is 85.8 Å². The summed E-state index contributed by atoms with van der Waals surface area (Å²) in [4.78, 5) is 84.8. The highest BCUT2D eigenvalue weighted by Gasteiger charge is 2.38. The van der Waals surface area contributed by atoms with Gasteiger partial charge in [0, 0.05) is 41.2 Å². The first-order valence-corrected chi connectivity index (χ1v) is 33.3. The molecule has 0 amide bonds. The van der Waals surface area contributed by atoms with Crippen molar-refractivity contribution in [2.45, 2.75) is 118 Å². The van der Waals surface area contributed by atoms with Crippen LogP contribution < -0.4 is 37.7 Å². The smallest absolute Gasteiger partial charge is 0.333 e. The second-order valence-corrected chi connectivity index (χ2v) is 29.0. The summed E-state index contributed by atoms with van der Waals surface area (Å²) in [6.45, 7) is 15.3. The highest BCUT2D eigenvalue weighted by molar-refractivity contribution is 7.90. The number of nitrogens with two attached hydrogens (primary N) is 1. The maximum atomic E-state index is 14.5. The number of hydrogen-bond donors (Lipinski definition) is 2. The lowest BCUT2D eigenvalue weighted by Gasteiger charge is -2.28. The van der Waals surface area contributed by atoms with Gasteiger partial charge in [0.15, 0.2) is 5.78 Å². The van der Waals surface area contributed by atoms with Crippen LogP contribution in [-0.2, 0) is 62.9 Å². The Labute approximate surface area is 518 Å². The van der Waals surface area contributed by atoms with Crippen LogP contribution in [0.25, 0.3) is 30.4 Å². The molecule has 6 heterocycles. The molecule has 0 fully saturated rings. The summed E-state index contributed by atoms with van der Waals surface area (Å²) in [5.74, 6) is -3.18. The molecule has 89 heavy (non-hydrogen) atoms. The van der Waals surface area contributed by atoms with Gasteiger partial charge in [-0.3, -0.25) is 23.5 Å². The Bertz CT molecular complexity index is 4360. The summed E-state index contributed by atoms with van der Waals surface area (Å²) in [6, 6.07) is 7.80. The van der Waals surface area contributed by atoms with E-state index in [0.29, 0.717) is 31.7 Å². The van der Waals surface area contributed by atoms with Crippen molar-refractivity contribution in [2.24, 2.45) is 11.7 Å². The number of ketones is 1. The van der Waals surface area contributed by atoms with Gasteiger partial charge in [-0.25, -0.2) is 49.1 Å². The number of carbonyl (C=O) groups excluding carboxylic acids is 1. The normalized spacial score (nSPS) is 12.9. The first-order chi connectivity index (χ1) is 41.5. The summed E-state index contributed by atoms with van der Waals surface area (Å²) in [5, 5.41) is 27.7. The number of rotatable bonds is 24. The van der Waals surface area contributed by atoms with Crippen LogP contribution in [0.3, 0.4) is 0 Å². The van der Waals surface area contributed by atoms with Gasteiger partial charge in [0.25, 0.3) is 11.1 Å². The SMILES string of the molecule is CC(C)N.COc1ccc(F)cc1[C@H](Cn1c(=O)n(C(C)(C)C(=O)CC(C)C)c(=O)c2c(C)c(-n3nccn3)sc21)OCCS(C)(=O)=O.COc1ccc(F)cc1[C@H](Cn1c(=O)n(C(C)(C)C(=O)O)c(=O)c2c(C)c(-n3nccn3)sc21)OCCS(C)(=O)=O. The van der Waals surface area contributed by atoms with E-state index in [4.69, 9.17) is 24.7 Å². The van der Waals surface area contributed by atoms with Crippen molar-refractivity contribution in [1.29, 1.82) is 0 Å². The van der Waals surface area contributed by atoms with Crippen LogP contribution in [0.5, 0.6) is 11.5 Å². The third-order valence-corrected chi connectivity index (χ3v) is 18.2. The quantitative estimate of drug-likeness (QED) is 0.0738. The number of carbonyl (C=O) groups is 2. The number of aryl methyl sites for hydroxylation is 2. The first-order valence-electron chi connectivity index (χ1n) is 27.6. The molecular formula is C57H73F2N11O15S4. The average molecular weight is 1320 g/mol. The molecule has 32 heteroatoms. The molecule has 2 aromatic carbocycles. The molecule has 0 saturated heterocycles. The van der Waals surface area contributed by atoms with Crippen molar-refractivity contribution in [1.82, 2.24) is 48.3 Å². The number of methoxy groups -OCH3 is 2. The molecule has 0 aliphatic rings. The molecule has 3 N–H and O–H groups in total. The van der Waals surface area contributed by atoms with Gasteiger partial charge in [-0.2, -0.15) is 20.4 Å². The fourth-order valence-electron chi connectivity index (χ4n) is 9.25. The number of fused-ring (bicyclic) bond motifs is 2. The van der Waals surface area contributed by atoms with Crippen molar-refractivity contribution >= 4 is 74.5 Å². The fraction of sp³-hybridized carbons (Fsp3) is 0.474. The molecule has 8 aromatic rings. The molecule has 0 aliphatic carbocycles. The molecule has 0 bridgehead atoms. The van der Waals surface area contributed by atoms with E-state index in [9.17, 15) is 59.5 Å². The van der Waals surface area contributed by atoms with E-state index in [0.717, 1.165) is 45.8 Å². The zero-order chi connectivity index (χ0) is 66.4. The minimum absolute atomic E-state index is 0.0168. The van der Waals surface area contributed by atoms with Crippen LogP contribution in [0.1, 0.15) is 96.3 Å². The number of benzene rings is 2. The second kappa shape index (κ2) is 28.5. The molecule has 26 nitrogen and oxygen atoms in total. The molecule has 0 saturated carbocycles. The van der Waals surface area contributed by atoms with Crippen molar-refractivity contribution in [2.75, 3.05) is 51.5 Å². The van der Waals surface area contributed by atoms with E-state index in [1.165, 1.54) is 116 Å². The van der Waals surface area contributed by atoms with Gasteiger partial charge in [-0.1, -0.05) is 50.4 Å². The van der Waals surface area contributed by atoms with E-state index in [2.05, 4.69) is 20.4 Å². The van der Waals surface area contributed by atoms with Gasteiger partial charge in [-0.05, 0) is 89.9 Å². The van der Waals surface area contributed by atoms with Crippen LogP contribution in [0.2, 0.25) is 0 Å². The maximum Gasteiger partial charge on any atom is 0.333 e. The van der Waals surface area contributed by atoms with Gasteiger partial charge >= 0.3 is 17.3 Å². The molecule has 0 spiro atoms. The number of thiophene rings is 2. The van der Waals surface area contributed by atoms with E-state index in [1.54, 1.807) is 13.8 Å². The van der Waals surface area contributed by atoms with Crippen LogP contribution >= 0.6 is 22.7 Å².